The van der Waals surface area contributed by atoms with E-state index in [1.807, 2.05) is 11.8 Å². The van der Waals surface area contributed by atoms with Gasteiger partial charge in [0.2, 0.25) is 0 Å². The molecule has 0 saturated carbocycles. The topological polar surface area (TPSA) is 63.1 Å². The Morgan fingerprint density at radius 2 is 2.09 bits per heavy atom. The average Bonchev–Trinajstić information content (AvgIpc) is 2.93. The van der Waals surface area contributed by atoms with Crippen LogP contribution in [0.3, 0.4) is 0 Å². The first kappa shape index (κ1) is 15.7. The molecule has 1 aliphatic rings. The maximum atomic E-state index is 12.9. The maximum absolute atomic E-state index is 12.9. The summed E-state index contributed by atoms with van der Waals surface area (Å²) in [6, 6.07) is 8.56. The second-order valence-corrected chi connectivity index (χ2v) is 5.96. The number of nitrogens with one attached hydrogen (secondary N) is 1. The van der Waals surface area contributed by atoms with Crippen molar-refractivity contribution in [2.75, 3.05) is 19.6 Å². The molecule has 6 heteroatoms. The molecule has 1 N–H and O–H groups in total. The second kappa shape index (κ2) is 6.50. The number of piperazine rings is 1. The molecule has 0 spiro atoms. The van der Waals surface area contributed by atoms with Crippen LogP contribution < -0.4 is 5.32 Å². The van der Waals surface area contributed by atoms with Gasteiger partial charge < -0.3 is 10.2 Å². The molecule has 1 unspecified atom stereocenters. The summed E-state index contributed by atoms with van der Waals surface area (Å²) in [5.41, 5.74) is 3.71. The molecule has 1 aromatic carbocycles. The fraction of sp³-hybridized carbons (Fsp3) is 0.471. The molecule has 0 aliphatic carbocycles. The molecule has 1 fully saturated rings. The fourth-order valence-electron chi connectivity index (χ4n) is 2.96. The van der Waals surface area contributed by atoms with Crippen molar-refractivity contribution >= 4 is 5.91 Å². The normalized spacial score (nSPS) is 18.2. The minimum atomic E-state index is -0.0401. The third-order valence-corrected chi connectivity index (χ3v) is 4.59. The van der Waals surface area contributed by atoms with Crippen molar-refractivity contribution in [2.45, 2.75) is 26.3 Å². The van der Waals surface area contributed by atoms with Gasteiger partial charge in [0.1, 0.15) is 0 Å². The predicted molar refractivity (Wildman–Crippen MR) is 88.2 cm³/mol. The quantitative estimate of drug-likeness (QED) is 0.932. The summed E-state index contributed by atoms with van der Waals surface area (Å²) in [5, 5.41) is 11.4. The zero-order valence-electron chi connectivity index (χ0n) is 13.9. The number of hydrogen-bond donors (Lipinski definition) is 1. The van der Waals surface area contributed by atoms with Gasteiger partial charge in [0.15, 0.2) is 5.69 Å². The lowest BCUT2D eigenvalue weighted by Crippen LogP contribution is -2.49. The summed E-state index contributed by atoms with van der Waals surface area (Å²) >= 11 is 0. The average molecular weight is 313 g/mol. The number of rotatable bonds is 3. The second-order valence-electron chi connectivity index (χ2n) is 5.96. The number of hydrogen-bond acceptors (Lipinski definition) is 4. The molecular weight excluding hydrogens is 290 g/mol. The number of amides is 1. The van der Waals surface area contributed by atoms with Crippen LogP contribution in [0.15, 0.2) is 24.3 Å². The lowest BCUT2D eigenvalue weighted by atomic mass is 10.0. The van der Waals surface area contributed by atoms with Crippen LogP contribution in [-0.2, 0) is 13.5 Å². The molecule has 1 aromatic heterocycles. The molecule has 1 saturated heterocycles. The first-order chi connectivity index (χ1) is 11.1. The van der Waals surface area contributed by atoms with Crippen molar-refractivity contribution in [1.29, 1.82) is 0 Å². The Labute approximate surface area is 136 Å². The van der Waals surface area contributed by atoms with Gasteiger partial charge in [-0.1, -0.05) is 36.4 Å². The monoisotopic (exact) mass is 313 g/mol. The number of nitrogens with zero attached hydrogens (tertiary/aromatic N) is 4. The third-order valence-electron chi connectivity index (χ3n) is 4.59. The molecule has 23 heavy (non-hydrogen) atoms. The van der Waals surface area contributed by atoms with Crippen molar-refractivity contribution in [3.05, 3.63) is 46.8 Å². The molecule has 2 aromatic rings. The smallest absolute Gasteiger partial charge is 0.276 e. The molecule has 6 nitrogen and oxygen atoms in total. The summed E-state index contributed by atoms with van der Waals surface area (Å²) in [7, 11) is 1.80. The standard InChI is InChI=1S/C17H23N5O/c1-4-13-5-7-14(8-6-13)15-11-18-9-10-22(15)17(23)16-12(2)21(3)20-19-16/h5-8,15,18H,4,9-11H2,1-3H3. The van der Waals surface area contributed by atoms with Crippen LogP contribution in [0.2, 0.25) is 0 Å². The Morgan fingerprint density at radius 1 is 1.35 bits per heavy atom. The van der Waals surface area contributed by atoms with Gasteiger partial charge in [-0.15, -0.1) is 5.10 Å². The van der Waals surface area contributed by atoms with Crippen LogP contribution >= 0.6 is 0 Å². The Kier molecular flexibility index (Phi) is 4.43. The largest absolute Gasteiger partial charge is 0.328 e. The van der Waals surface area contributed by atoms with Crippen LogP contribution in [0, 0.1) is 6.92 Å². The molecule has 3 rings (SSSR count). The first-order valence-corrected chi connectivity index (χ1v) is 8.08. The van der Waals surface area contributed by atoms with Crippen LogP contribution in [-0.4, -0.2) is 45.4 Å². The summed E-state index contributed by atoms with van der Waals surface area (Å²) in [4.78, 5) is 14.8. The van der Waals surface area contributed by atoms with Crippen molar-refractivity contribution in [2.24, 2.45) is 7.05 Å². The lowest BCUT2D eigenvalue weighted by Gasteiger charge is -2.36. The van der Waals surface area contributed by atoms with E-state index in [9.17, 15) is 4.79 Å². The third kappa shape index (κ3) is 2.99. The van der Waals surface area contributed by atoms with E-state index >= 15 is 0 Å². The molecule has 1 aliphatic heterocycles. The van der Waals surface area contributed by atoms with Gasteiger partial charge in [-0.25, -0.2) is 0 Å². The zero-order chi connectivity index (χ0) is 16.4. The Balaban J connectivity index is 1.88. The molecule has 0 bridgehead atoms. The summed E-state index contributed by atoms with van der Waals surface area (Å²) < 4.78 is 1.64. The lowest BCUT2D eigenvalue weighted by molar-refractivity contribution is 0.0627. The van der Waals surface area contributed by atoms with Gasteiger partial charge in [0.05, 0.1) is 11.7 Å². The van der Waals surface area contributed by atoms with E-state index in [-0.39, 0.29) is 11.9 Å². The molecule has 122 valence electrons. The van der Waals surface area contributed by atoms with Gasteiger partial charge in [0, 0.05) is 26.7 Å². The van der Waals surface area contributed by atoms with E-state index < -0.39 is 0 Å². The Hall–Kier alpha value is -2.21. The van der Waals surface area contributed by atoms with Gasteiger partial charge in [-0.2, -0.15) is 0 Å². The summed E-state index contributed by atoms with van der Waals surface area (Å²) in [5.74, 6) is -0.0401. The van der Waals surface area contributed by atoms with Crippen LogP contribution in [0.4, 0.5) is 0 Å². The van der Waals surface area contributed by atoms with Crippen molar-refractivity contribution in [3.63, 3.8) is 0 Å². The minimum absolute atomic E-state index is 0.0311. The zero-order valence-corrected chi connectivity index (χ0v) is 13.9. The highest BCUT2D eigenvalue weighted by Crippen LogP contribution is 2.25. The Morgan fingerprint density at radius 3 is 2.70 bits per heavy atom. The van der Waals surface area contributed by atoms with E-state index in [1.54, 1.807) is 11.7 Å². The van der Waals surface area contributed by atoms with Crippen molar-refractivity contribution in [1.82, 2.24) is 25.2 Å². The van der Waals surface area contributed by atoms with Gasteiger partial charge in [-0.3, -0.25) is 9.48 Å². The minimum Gasteiger partial charge on any atom is -0.328 e. The van der Waals surface area contributed by atoms with E-state index in [1.165, 1.54) is 5.56 Å². The highest BCUT2D eigenvalue weighted by Gasteiger charge is 2.31. The molecule has 1 amide bonds. The van der Waals surface area contributed by atoms with E-state index in [4.69, 9.17) is 0 Å². The van der Waals surface area contributed by atoms with Gasteiger partial charge >= 0.3 is 0 Å². The summed E-state index contributed by atoms with van der Waals surface area (Å²) in [6.45, 7) is 6.25. The Bertz CT molecular complexity index is 692. The molecule has 2 heterocycles. The summed E-state index contributed by atoms with van der Waals surface area (Å²) in [6.07, 6.45) is 1.02. The van der Waals surface area contributed by atoms with Gasteiger partial charge in [-0.05, 0) is 24.5 Å². The van der Waals surface area contributed by atoms with Gasteiger partial charge in [0.25, 0.3) is 5.91 Å². The predicted octanol–water partition coefficient (Wildman–Crippen LogP) is 1.47. The maximum Gasteiger partial charge on any atom is 0.276 e. The number of benzene rings is 1. The molecule has 1 atom stereocenters. The van der Waals surface area contributed by atoms with E-state index in [2.05, 4.69) is 46.8 Å². The molecule has 0 radical (unpaired) electrons. The number of carbonyl (C=O) groups excluding carboxylic acids is 1. The van der Waals surface area contributed by atoms with Crippen LogP contribution in [0.5, 0.6) is 0 Å². The van der Waals surface area contributed by atoms with Crippen molar-refractivity contribution in [3.8, 4) is 0 Å². The molecular formula is C17H23N5O. The van der Waals surface area contributed by atoms with Crippen LogP contribution in [0.1, 0.15) is 40.3 Å². The highest BCUT2D eigenvalue weighted by atomic mass is 16.2. The number of aromatic nitrogens is 3. The van der Waals surface area contributed by atoms with E-state index in [0.717, 1.165) is 30.8 Å². The van der Waals surface area contributed by atoms with E-state index in [0.29, 0.717) is 12.2 Å². The number of aryl methyl sites for hydroxylation is 2. The highest BCUT2D eigenvalue weighted by molar-refractivity contribution is 5.93. The first-order valence-electron chi connectivity index (χ1n) is 8.08. The van der Waals surface area contributed by atoms with Crippen LogP contribution in [0.25, 0.3) is 0 Å². The SMILES string of the molecule is CCc1ccc(C2CNCCN2C(=O)c2nnn(C)c2C)cc1. The fourth-order valence-corrected chi connectivity index (χ4v) is 2.96. The number of carbonyl (C=O) groups is 1. The van der Waals surface area contributed by atoms with Crippen molar-refractivity contribution < 1.29 is 4.79 Å².